The Kier molecular flexibility index (Phi) is 2.73. The Balaban J connectivity index is 2.51. The minimum absolute atomic E-state index is 0.116. The molecule has 3 heteroatoms. The van der Waals surface area contributed by atoms with E-state index in [0.717, 1.165) is 0 Å². The summed E-state index contributed by atoms with van der Waals surface area (Å²) < 4.78 is 5.15. The number of ether oxygens (including phenoxy) is 1. The van der Waals surface area contributed by atoms with E-state index in [-0.39, 0.29) is 5.91 Å². The van der Waals surface area contributed by atoms with Gasteiger partial charge in [-0.05, 0) is 6.92 Å². The normalized spacial score (nSPS) is 19.4. The molecule has 1 saturated heterocycles. The number of nitrogens with zero attached hydrogens (tertiary/aromatic N) is 1. The monoisotopic (exact) mass is 170 g/mol. The summed E-state index contributed by atoms with van der Waals surface area (Å²) in [6, 6.07) is 0. The van der Waals surface area contributed by atoms with Crippen LogP contribution in [0.4, 0.5) is 0 Å². The fraction of sp³-hybridized carbons (Fsp3) is 0.778. The molecular weight excluding hydrogens is 154 g/mol. The van der Waals surface area contributed by atoms with Crippen LogP contribution in [0.2, 0.25) is 0 Å². The summed E-state index contributed by atoms with van der Waals surface area (Å²) in [5.74, 6) is 0.116. The number of amides is 1. The van der Waals surface area contributed by atoms with Gasteiger partial charge in [-0.2, -0.15) is 0 Å². The topological polar surface area (TPSA) is 29.5 Å². The Bertz CT molecular complexity index is 166. The third-order valence-electron chi connectivity index (χ3n) is 1.88. The number of rotatable bonds is 1. The third-order valence-corrected chi connectivity index (χ3v) is 1.88. The highest BCUT2D eigenvalue weighted by Gasteiger charge is 2.28. The SMILES string of the molecule is [CH2]C(C)(C)C(=O)N1CCOCC1. The second-order valence-corrected chi connectivity index (χ2v) is 3.79. The molecule has 1 radical (unpaired) electrons. The summed E-state index contributed by atoms with van der Waals surface area (Å²) in [6.07, 6.45) is 0. The van der Waals surface area contributed by atoms with Crippen LogP contribution in [-0.4, -0.2) is 37.1 Å². The molecule has 0 aromatic carbocycles. The molecule has 0 N–H and O–H groups in total. The van der Waals surface area contributed by atoms with Crippen molar-refractivity contribution in [2.45, 2.75) is 13.8 Å². The smallest absolute Gasteiger partial charge is 0.228 e. The van der Waals surface area contributed by atoms with Crippen LogP contribution < -0.4 is 0 Å². The molecule has 0 unspecified atom stereocenters. The first-order chi connectivity index (χ1) is 5.52. The van der Waals surface area contributed by atoms with Gasteiger partial charge in [-0.25, -0.2) is 0 Å². The van der Waals surface area contributed by atoms with Crippen LogP contribution in [0.1, 0.15) is 13.8 Å². The number of morpholine rings is 1. The van der Waals surface area contributed by atoms with Crippen molar-refractivity contribution < 1.29 is 9.53 Å². The number of hydrogen-bond acceptors (Lipinski definition) is 2. The lowest BCUT2D eigenvalue weighted by Crippen LogP contribution is -2.45. The van der Waals surface area contributed by atoms with Gasteiger partial charge in [-0.1, -0.05) is 13.8 Å². The summed E-state index contributed by atoms with van der Waals surface area (Å²) in [7, 11) is 0. The summed E-state index contributed by atoms with van der Waals surface area (Å²) in [5, 5.41) is 0. The standard InChI is InChI=1S/C9H16NO2/c1-9(2,3)8(11)10-4-6-12-7-5-10/h1,4-7H2,2-3H3. The summed E-state index contributed by atoms with van der Waals surface area (Å²) >= 11 is 0. The van der Waals surface area contributed by atoms with Crippen molar-refractivity contribution in [1.29, 1.82) is 0 Å². The maximum Gasteiger partial charge on any atom is 0.228 e. The molecule has 12 heavy (non-hydrogen) atoms. The minimum atomic E-state index is -0.503. The fourth-order valence-electron chi connectivity index (χ4n) is 1.19. The molecule has 0 aromatic heterocycles. The van der Waals surface area contributed by atoms with Gasteiger partial charge in [0.2, 0.25) is 5.91 Å². The minimum Gasteiger partial charge on any atom is -0.378 e. The van der Waals surface area contributed by atoms with Gasteiger partial charge in [-0.15, -0.1) is 0 Å². The van der Waals surface area contributed by atoms with Crippen LogP contribution in [0.15, 0.2) is 0 Å². The predicted octanol–water partition coefficient (Wildman–Crippen LogP) is 0.705. The van der Waals surface area contributed by atoms with Crippen LogP contribution in [0.5, 0.6) is 0 Å². The molecule has 0 aromatic rings. The van der Waals surface area contributed by atoms with Crippen LogP contribution in [0.3, 0.4) is 0 Å². The second kappa shape index (κ2) is 3.44. The maximum atomic E-state index is 11.6. The zero-order chi connectivity index (χ0) is 9.19. The van der Waals surface area contributed by atoms with Crippen molar-refractivity contribution in [3.63, 3.8) is 0 Å². The van der Waals surface area contributed by atoms with Gasteiger partial charge in [0.15, 0.2) is 0 Å². The van der Waals surface area contributed by atoms with Gasteiger partial charge in [0.25, 0.3) is 0 Å². The lowest BCUT2D eigenvalue weighted by Gasteiger charge is -2.32. The molecule has 1 rings (SSSR count). The molecule has 0 atom stereocenters. The first-order valence-electron chi connectivity index (χ1n) is 4.24. The molecule has 1 fully saturated rings. The van der Waals surface area contributed by atoms with E-state index >= 15 is 0 Å². The maximum absolute atomic E-state index is 11.6. The molecule has 69 valence electrons. The van der Waals surface area contributed by atoms with Crippen molar-refractivity contribution in [3.8, 4) is 0 Å². The van der Waals surface area contributed by atoms with Gasteiger partial charge < -0.3 is 9.64 Å². The highest BCUT2D eigenvalue weighted by Crippen LogP contribution is 2.17. The molecular formula is C9H16NO2. The van der Waals surface area contributed by atoms with Gasteiger partial charge in [0.05, 0.1) is 13.2 Å². The van der Waals surface area contributed by atoms with Crippen molar-refractivity contribution >= 4 is 5.91 Å². The van der Waals surface area contributed by atoms with Crippen molar-refractivity contribution in [3.05, 3.63) is 6.92 Å². The third kappa shape index (κ3) is 2.21. The van der Waals surface area contributed by atoms with Gasteiger partial charge >= 0.3 is 0 Å². The van der Waals surface area contributed by atoms with E-state index in [1.54, 1.807) is 0 Å². The summed E-state index contributed by atoms with van der Waals surface area (Å²) in [6.45, 7) is 10.2. The summed E-state index contributed by atoms with van der Waals surface area (Å²) in [5.41, 5.74) is -0.503. The van der Waals surface area contributed by atoms with E-state index in [2.05, 4.69) is 6.92 Å². The lowest BCUT2D eigenvalue weighted by molar-refractivity contribution is -0.142. The van der Waals surface area contributed by atoms with Crippen molar-refractivity contribution in [2.24, 2.45) is 5.41 Å². The van der Waals surface area contributed by atoms with Gasteiger partial charge in [-0.3, -0.25) is 4.79 Å². The Morgan fingerprint density at radius 2 is 1.92 bits per heavy atom. The van der Waals surface area contributed by atoms with E-state index < -0.39 is 5.41 Å². The van der Waals surface area contributed by atoms with E-state index in [9.17, 15) is 4.79 Å². The zero-order valence-corrected chi connectivity index (χ0v) is 7.80. The number of carbonyl (C=O) groups is 1. The van der Waals surface area contributed by atoms with Gasteiger partial charge in [0, 0.05) is 18.5 Å². The fourth-order valence-corrected chi connectivity index (χ4v) is 1.19. The van der Waals surface area contributed by atoms with Crippen LogP contribution in [0, 0.1) is 12.3 Å². The molecule has 0 saturated carbocycles. The highest BCUT2D eigenvalue weighted by molar-refractivity contribution is 5.82. The Morgan fingerprint density at radius 1 is 1.42 bits per heavy atom. The molecule has 0 bridgehead atoms. The van der Waals surface area contributed by atoms with E-state index in [1.807, 2.05) is 18.7 Å². The molecule has 1 aliphatic heterocycles. The molecule has 0 aliphatic carbocycles. The molecule has 0 spiro atoms. The first-order valence-corrected chi connectivity index (χ1v) is 4.24. The summed E-state index contributed by atoms with van der Waals surface area (Å²) in [4.78, 5) is 13.4. The van der Waals surface area contributed by atoms with Gasteiger partial charge in [0.1, 0.15) is 0 Å². The number of carbonyl (C=O) groups excluding carboxylic acids is 1. The Labute approximate surface area is 73.7 Å². The average molecular weight is 170 g/mol. The molecule has 3 nitrogen and oxygen atoms in total. The van der Waals surface area contributed by atoms with Crippen molar-refractivity contribution in [1.82, 2.24) is 4.90 Å². The Hall–Kier alpha value is -0.570. The lowest BCUT2D eigenvalue weighted by atomic mass is 9.94. The van der Waals surface area contributed by atoms with E-state index in [4.69, 9.17) is 4.74 Å². The zero-order valence-electron chi connectivity index (χ0n) is 7.80. The second-order valence-electron chi connectivity index (χ2n) is 3.79. The predicted molar refractivity (Wildman–Crippen MR) is 46.5 cm³/mol. The number of hydrogen-bond donors (Lipinski definition) is 0. The quantitative estimate of drug-likeness (QED) is 0.580. The highest BCUT2D eigenvalue weighted by atomic mass is 16.5. The average Bonchev–Trinajstić information content (AvgIpc) is 2.03. The molecule has 1 amide bonds. The van der Waals surface area contributed by atoms with Crippen molar-refractivity contribution in [2.75, 3.05) is 26.3 Å². The largest absolute Gasteiger partial charge is 0.378 e. The van der Waals surface area contributed by atoms with Crippen LogP contribution >= 0.6 is 0 Å². The van der Waals surface area contributed by atoms with E-state index in [1.165, 1.54) is 0 Å². The van der Waals surface area contributed by atoms with E-state index in [0.29, 0.717) is 26.3 Å². The molecule has 1 heterocycles. The van der Waals surface area contributed by atoms with Crippen LogP contribution in [-0.2, 0) is 9.53 Å². The Morgan fingerprint density at radius 3 is 2.33 bits per heavy atom. The van der Waals surface area contributed by atoms with Crippen LogP contribution in [0.25, 0.3) is 0 Å². The molecule has 1 aliphatic rings. The first kappa shape index (κ1) is 9.52.